The molecule has 3 rings (SSSR count). The van der Waals surface area contributed by atoms with Crippen molar-refractivity contribution in [1.82, 2.24) is 4.90 Å². The highest BCUT2D eigenvalue weighted by atomic mass is 35.5. The number of anilines is 1. The van der Waals surface area contributed by atoms with E-state index in [1.165, 1.54) is 20.6 Å². The standard InChI is InChI=1S/C19H25ClN2O4/c1-25-16-10-15(17(26-2)9-14(16)20)21-19(24)12-8-18(23)22(11-12)13-6-4-3-5-7-13/h9-10,12-13H,3-8,11H2,1-2H3,(H,21,24). The van der Waals surface area contributed by atoms with E-state index in [0.717, 1.165) is 25.7 Å². The van der Waals surface area contributed by atoms with Gasteiger partial charge in [0.05, 0.1) is 30.8 Å². The van der Waals surface area contributed by atoms with E-state index in [9.17, 15) is 9.59 Å². The number of halogens is 1. The van der Waals surface area contributed by atoms with Crippen molar-refractivity contribution < 1.29 is 19.1 Å². The van der Waals surface area contributed by atoms with Crippen molar-refractivity contribution in [2.75, 3.05) is 26.1 Å². The van der Waals surface area contributed by atoms with E-state index in [0.29, 0.717) is 34.8 Å². The Morgan fingerprint density at radius 3 is 2.50 bits per heavy atom. The largest absolute Gasteiger partial charge is 0.495 e. The third-order valence-electron chi connectivity index (χ3n) is 5.28. The number of amides is 2. The molecule has 1 saturated heterocycles. The Labute approximate surface area is 158 Å². The van der Waals surface area contributed by atoms with Crippen LogP contribution in [0.3, 0.4) is 0 Å². The summed E-state index contributed by atoms with van der Waals surface area (Å²) in [6.07, 6.45) is 5.90. The Morgan fingerprint density at radius 2 is 1.85 bits per heavy atom. The molecule has 0 bridgehead atoms. The highest BCUT2D eigenvalue weighted by Crippen LogP contribution is 2.36. The summed E-state index contributed by atoms with van der Waals surface area (Å²) in [5.74, 6) is 0.458. The number of rotatable bonds is 5. The monoisotopic (exact) mass is 380 g/mol. The maximum Gasteiger partial charge on any atom is 0.229 e. The first-order valence-electron chi connectivity index (χ1n) is 9.05. The Kier molecular flexibility index (Phi) is 5.91. The number of ether oxygens (including phenoxy) is 2. The second kappa shape index (κ2) is 8.16. The molecule has 142 valence electrons. The lowest BCUT2D eigenvalue weighted by Crippen LogP contribution is -2.38. The Balaban J connectivity index is 1.69. The number of carbonyl (C=O) groups is 2. The molecule has 6 nitrogen and oxygen atoms in total. The summed E-state index contributed by atoms with van der Waals surface area (Å²) in [7, 11) is 3.02. The molecule has 1 unspecified atom stereocenters. The molecular weight excluding hydrogens is 356 g/mol. The Morgan fingerprint density at radius 1 is 1.15 bits per heavy atom. The molecule has 1 aliphatic carbocycles. The van der Waals surface area contributed by atoms with Crippen LogP contribution in [-0.4, -0.2) is 43.5 Å². The van der Waals surface area contributed by atoms with Gasteiger partial charge in [-0.3, -0.25) is 9.59 Å². The molecule has 1 aromatic rings. The van der Waals surface area contributed by atoms with E-state index in [2.05, 4.69) is 5.32 Å². The topological polar surface area (TPSA) is 67.9 Å². The molecule has 7 heteroatoms. The number of hydrogen-bond donors (Lipinski definition) is 1. The van der Waals surface area contributed by atoms with Gasteiger partial charge in [0.15, 0.2) is 0 Å². The van der Waals surface area contributed by atoms with Gasteiger partial charge in [-0.1, -0.05) is 30.9 Å². The second-order valence-corrected chi connectivity index (χ2v) is 7.32. The molecule has 0 aromatic heterocycles. The van der Waals surface area contributed by atoms with E-state index in [4.69, 9.17) is 21.1 Å². The number of likely N-dealkylation sites (tertiary alicyclic amines) is 1. The highest BCUT2D eigenvalue weighted by Gasteiger charge is 2.38. The molecule has 1 heterocycles. The van der Waals surface area contributed by atoms with E-state index < -0.39 is 0 Å². The summed E-state index contributed by atoms with van der Waals surface area (Å²) in [5, 5.41) is 3.27. The second-order valence-electron chi connectivity index (χ2n) is 6.92. The zero-order valence-electron chi connectivity index (χ0n) is 15.2. The first-order chi connectivity index (χ1) is 12.5. The quantitative estimate of drug-likeness (QED) is 0.849. The predicted octanol–water partition coefficient (Wildman–Crippen LogP) is 3.48. The van der Waals surface area contributed by atoms with Crippen molar-refractivity contribution in [3.8, 4) is 11.5 Å². The summed E-state index contributed by atoms with van der Waals surface area (Å²) in [4.78, 5) is 27.0. The third kappa shape index (κ3) is 3.90. The fraction of sp³-hybridized carbons (Fsp3) is 0.579. The Hall–Kier alpha value is -1.95. The van der Waals surface area contributed by atoms with Gasteiger partial charge in [-0.15, -0.1) is 0 Å². The molecule has 2 fully saturated rings. The number of nitrogens with one attached hydrogen (secondary N) is 1. The van der Waals surface area contributed by atoms with Gasteiger partial charge < -0.3 is 19.7 Å². The average Bonchev–Trinajstić information content (AvgIpc) is 3.05. The SMILES string of the molecule is COc1cc(NC(=O)C2CC(=O)N(C3CCCCC3)C2)c(OC)cc1Cl. The molecule has 1 aliphatic heterocycles. The van der Waals surface area contributed by atoms with Crippen LogP contribution in [0.15, 0.2) is 12.1 Å². The lowest BCUT2D eigenvalue weighted by molar-refractivity contribution is -0.130. The van der Waals surface area contributed by atoms with Crippen molar-refractivity contribution >= 4 is 29.1 Å². The fourth-order valence-electron chi connectivity index (χ4n) is 3.85. The van der Waals surface area contributed by atoms with Gasteiger partial charge in [0.25, 0.3) is 0 Å². The lowest BCUT2D eigenvalue weighted by Gasteiger charge is -2.31. The minimum atomic E-state index is -0.351. The molecule has 0 radical (unpaired) electrons. The van der Waals surface area contributed by atoms with E-state index in [-0.39, 0.29) is 24.2 Å². The van der Waals surface area contributed by atoms with Crippen molar-refractivity contribution in [1.29, 1.82) is 0 Å². The predicted molar refractivity (Wildman–Crippen MR) is 99.9 cm³/mol. The van der Waals surface area contributed by atoms with Gasteiger partial charge in [0.1, 0.15) is 11.5 Å². The van der Waals surface area contributed by atoms with Gasteiger partial charge in [0, 0.05) is 31.1 Å². The van der Waals surface area contributed by atoms with Gasteiger partial charge in [0.2, 0.25) is 11.8 Å². The minimum Gasteiger partial charge on any atom is -0.495 e. The van der Waals surface area contributed by atoms with E-state index >= 15 is 0 Å². The number of benzene rings is 1. The van der Waals surface area contributed by atoms with Gasteiger partial charge in [-0.25, -0.2) is 0 Å². The first-order valence-corrected chi connectivity index (χ1v) is 9.43. The molecule has 26 heavy (non-hydrogen) atoms. The summed E-state index contributed by atoms with van der Waals surface area (Å²) in [5.41, 5.74) is 0.488. The van der Waals surface area contributed by atoms with Crippen LogP contribution in [0.1, 0.15) is 38.5 Å². The van der Waals surface area contributed by atoms with E-state index in [1.807, 2.05) is 4.90 Å². The average molecular weight is 381 g/mol. The van der Waals surface area contributed by atoms with Crippen LogP contribution >= 0.6 is 11.6 Å². The fourth-order valence-corrected chi connectivity index (χ4v) is 4.08. The van der Waals surface area contributed by atoms with Crippen LogP contribution in [0.25, 0.3) is 0 Å². The van der Waals surface area contributed by atoms with Crippen molar-refractivity contribution in [2.24, 2.45) is 5.92 Å². The van der Waals surface area contributed by atoms with Crippen molar-refractivity contribution in [2.45, 2.75) is 44.6 Å². The van der Waals surface area contributed by atoms with Crippen LogP contribution in [0.5, 0.6) is 11.5 Å². The number of methoxy groups -OCH3 is 2. The van der Waals surface area contributed by atoms with Gasteiger partial charge >= 0.3 is 0 Å². The third-order valence-corrected chi connectivity index (χ3v) is 5.57. The zero-order valence-corrected chi connectivity index (χ0v) is 16.0. The maximum absolute atomic E-state index is 12.7. The molecule has 1 aromatic carbocycles. The molecule has 1 saturated carbocycles. The first kappa shape index (κ1) is 18.8. The van der Waals surface area contributed by atoms with Crippen LogP contribution < -0.4 is 14.8 Å². The molecular formula is C19H25ClN2O4. The van der Waals surface area contributed by atoms with Crippen LogP contribution in [0.4, 0.5) is 5.69 Å². The highest BCUT2D eigenvalue weighted by molar-refractivity contribution is 6.32. The van der Waals surface area contributed by atoms with Gasteiger partial charge in [-0.2, -0.15) is 0 Å². The van der Waals surface area contributed by atoms with Crippen molar-refractivity contribution in [3.63, 3.8) is 0 Å². The summed E-state index contributed by atoms with van der Waals surface area (Å²) < 4.78 is 10.5. The van der Waals surface area contributed by atoms with Gasteiger partial charge in [-0.05, 0) is 12.8 Å². The van der Waals surface area contributed by atoms with E-state index in [1.54, 1.807) is 12.1 Å². The van der Waals surface area contributed by atoms with Crippen LogP contribution in [0.2, 0.25) is 5.02 Å². The minimum absolute atomic E-state index is 0.0812. The molecule has 2 aliphatic rings. The van der Waals surface area contributed by atoms with Crippen LogP contribution in [-0.2, 0) is 9.59 Å². The summed E-state index contributed by atoms with van der Waals surface area (Å²) in [6, 6.07) is 3.53. The van der Waals surface area contributed by atoms with Crippen LogP contribution in [0, 0.1) is 5.92 Å². The number of nitrogens with zero attached hydrogens (tertiary/aromatic N) is 1. The number of hydrogen-bond acceptors (Lipinski definition) is 4. The molecule has 0 spiro atoms. The lowest BCUT2D eigenvalue weighted by atomic mass is 9.94. The van der Waals surface area contributed by atoms with Crippen molar-refractivity contribution in [3.05, 3.63) is 17.2 Å². The molecule has 2 amide bonds. The molecule has 1 atom stereocenters. The smallest absolute Gasteiger partial charge is 0.229 e. The number of carbonyl (C=O) groups excluding carboxylic acids is 2. The summed E-state index contributed by atoms with van der Waals surface area (Å²) in [6.45, 7) is 0.488. The molecule has 1 N–H and O–H groups in total. The normalized spacial score (nSPS) is 21.0. The maximum atomic E-state index is 12.7. The zero-order chi connectivity index (χ0) is 18.7. The Bertz CT molecular complexity index is 688. The summed E-state index contributed by atoms with van der Waals surface area (Å²) >= 11 is 6.10.